The number of benzene rings is 1. The second kappa shape index (κ2) is 3.66. The van der Waals surface area contributed by atoms with Crippen LogP contribution in [-0.2, 0) is 4.79 Å². The van der Waals surface area contributed by atoms with E-state index in [-0.39, 0.29) is 11.3 Å². The molecule has 0 aliphatic heterocycles. The summed E-state index contributed by atoms with van der Waals surface area (Å²) >= 11 is 0. The fourth-order valence-corrected chi connectivity index (χ4v) is 0.862. The Morgan fingerprint density at radius 3 is 2.62 bits per heavy atom. The molecule has 1 aromatic carbocycles. The van der Waals surface area contributed by atoms with E-state index in [2.05, 4.69) is 5.32 Å². The van der Waals surface area contributed by atoms with Gasteiger partial charge in [-0.2, -0.15) is 0 Å². The predicted molar refractivity (Wildman–Crippen MR) is 43.1 cm³/mol. The lowest BCUT2D eigenvalue weighted by Crippen LogP contribution is -1.96. The molecule has 0 unspecified atom stereocenters. The molecule has 1 aromatic rings. The van der Waals surface area contributed by atoms with E-state index in [4.69, 9.17) is 5.11 Å². The number of halogens is 1. The van der Waals surface area contributed by atoms with E-state index in [1.54, 1.807) is 0 Å². The van der Waals surface area contributed by atoms with Gasteiger partial charge in [0.2, 0.25) is 6.41 Å². The monoisotopic (exact) mass is 183 g/mol. The SMILES string of the molecule is O=CNc1cc(F)c(O)c(C=O)c1. The predicted octanol–water partition coefficient (Wildman–Crippen LogP) is 0.912. The molecule has 0 aromatic heterocycles. The van der Waals surface area contributed by atoms with E-state index in [1.807, 2.05) is 0 Å². The minimum absolute atomic E-state index is 0.118. The highest BCUT2D eigenvalue weighted by molar-refractivity contribution is 5.83. The van der Waals surface area contributed by atoms with Gasteiger partial charge in [-0.15, -0.1) is 0 Å². The van der Waals surface area contributed by atoms with Crippen molar-refractivity contribution in [2.45, 2.75) is 0 Å². The van der Waals surface area contributed by atoms with Crippen molar-refractivity contribution in [1.82, 2.24) is 0 Å². The molecular formula is C8H6FNO3. The highest BCUT2D eigenvalue weighted by Crippen LogP contribution is 2.23. The lowest BCUT2D eigenvalue weighted by atomic mass is 10.2. The lowest BCUT2D eigenvalue weighted by molar-refractivity contribution is -0.105. The van der Waals surface area contributed by atoms with Crippen molar-refractivity contribution in [2.24, 2.45) is 0 Å². The van der Waals surface area contributed by atoms with Gasteiger partial charge in [-0.05, 0) is 6.07 Å². The number of phenols is 1. The molecule has 1 rings (SSSR count). The van der Waals surface area contributed by atoms with Crippen LogP contribution in [0.2, 0.25) is 0 Å². The summed E-state index contributed by atoms with van der Waals surface area (Å²) in [5, 5.41) is 11.1. The molecule has 0 fully saturated rings. The first-order chi connectivity index (χ1) is 6.19. The Hall–Kier alpha value is -1.91. The molecule has 68 valence electrons. The number of hydrogen-bond donors (Lipinski definition) is 2. The number of carbonyl (C=O) groups excluding carboxylic acids is 2. The highest BCUT2D eigenvalue weighted by atomic mass is 19.1. The van der Waals surface area contributed by atoms with E-state index < -0.39 is 11.6 Å². The summed E-state index contributed by atoms with van der Waals surface area (Å²) in [6, 6.07) is 2.08. The summed E-state index contributed by atoms with van der Waals surface area (Å²) in [7, 11) is 0. The van der Waals surface area contributed by atoms with Crippen LogP contribution in [0.15, 0.2) is 12.1 Å². The first-order valence-electron chi connectivity index (χ1n) is 3.37. The van der Waals surface area contributed by atoms with Crippen LogP contribution in [0.4, 0.5) is 10.1 Å². The van der Waals surface area contributed by atoms with Crippen molar-refractivity contribution >= 4 is 18.4 Å². The van der Waals surface area contributed by atoms with Crippen LogP contribution in [0.3, 0.4) is 0 Å². The molecule has 0 spiro atoms. The zero-order chi connectivity index (χ0) is 9.84. The van der Waals surface area contributed by atoms with E-state index in [0.717, 1.165) is 6.07 Å². The maximum Gasteiger partial charge on any atom is 0.211 e. The van der Waals surface area contributed by atoms with E-state index >= 15 is 0 Å². The van der Waals surface area contributed by atoms with Gasteiger partial charge in [0, 0.05) is 11.8 Å². The molecule has 0 saturated heterocycles. The molecular weight excluding hydrogens is 177 g/mol. The minimum atomic E-state index is -0.950. The van der Waals surface area contributed by atoms with Crippen LogP contribution >= 0.6 is 0 Å². The number of hydrogen-bond acceptors (Lipinski definition) is 3. The summed E-state index contributed by atoms with van der Waals surface area (Å²) < 4.78 is 12.8. The van der Waals surface area contributed by atoms with Gasteiger partial charge in [0.05, 0.1) is 5.56 Å². The largest absolute Gasteiger partial charge is 0.504 e. The van der Waals surface area contributed by atoms with Crippen molar-refractivity contribution in [3.8, 4) is 5.75 Å². The van der Waals surface area contributed by atoms with Gasteiger partial charge in [-0.1, -0.05) is 0 Å². The second-order valence-corrected chi connectivity index (χ2v) is 2.28. The molecule has 0 saturated carbocycles. The van der Waals surface area contributed by atoms with Gasteiger partial charge in [0.15, 0.2) is 17.9 Å². The zero-order valence-corrected chi connectivity index (χ0v) is 6.45. The summed E-state index contributed by atoms with van der Waals surface area (Å²) in [5.41, 5.74) is -0.0863. The van der Waals surface area contributed by atoms with Crippen molar-refractivity contribution in [2.75, 3.05) is 5.32 Å². The lowest BCUT2D eigenvalue weighted by Gasteiger charge is -2.02. The minimum Gasteiger partial charge on any atom is -0.504 e. The van der Waals surface area contributed by atoms with Gasteiger partial charge in [0.1, 0.15) is 0 Å². The maximum absolute atomic E-state index is 12.8. The third-order valence-electron chi connectivity index (χ3n) is 1.45. The summed E-state index contributed by atoms with van der Waals surface area (Å²) in [6.45, 7) is 0. The van der Waals surface area contributed by atoms with E-state index in [1.165, 1.54) is 6.07 Å². The fourth-order valence-electron chi connectivity index (χ4n) is 0.862. The maximum atomic E-state index is 12.8. The number of rotatable bonds is 3. The molecule has 0 atom stereocenters. The standard InChI is InChI=1S/C8H6FNO3/c9-7-2-6(10-4-12)1-5(3-11)8(7)13/h1-4,13H,(H,10,12). The Morgan fingerprint density at radius 1 is 1.38 bits per heavy atom. The van der Waals surface area contributed by atoms with Crippen LogP contribution in [0, 0.1) is 5.82 Å². The molecule has 4 nitrogen and oxygen atoms in total. The molecule has 0 radical (unpaired) electrons. The molecule has 0 heterocycles. The van der Waals surface area contributed by atoms with Crippen molar-refractivity contribution in [3.63, 3.8) is 0 Å². The molecule has 2 N–H and O–H groups in total. The zero-order valence-electron chi connectivity index (χ0n) is 6.45. The Balaban J connectivity index is 3.21. The number of aromatic hydroxyl groups is 1. The Kier molecular flexibility index (Phi) is 2.59. The van der Waals surface area contributed by atoms with Crippen LogP contribution in [0.25, 0.3) is 0 Å². The van der Waals surface area contributed by atoms with Crippen molar-refractivity contribution in [3.05, 3.63) is 23.5 Å². The van der Waals surface area contributed by atoms with Gasteiger partial charge in [-0.25, -0.2) is 4.39 Å². The van der Waals surface area contributed by atoms with Crippen LogP contribution < -0.4 is 5.32 Å². The molecule has 13 heavy (non-hydrogen) atoms. The normalized spacial score (nSPS) is 9.31. The first-order valence-corrected chi connectivity index (χ1v) is 3.37. The highest BCUT2D eigenvalue weighted by Gasteiger charge is 2.08. The first kappa shape index (κ1) is 9.18. The number of amides is 1. The Bertz CT molecular complexity index is 351. The molecule has 0 bridgehead atoms. The van der Waals surface area contributed by atoms with Crippen molar-refractivity contribution in [1.29, 1.82) is 0 Å². The van der Waals surface area contributed by atoms with Crippen LogP contribution in [0.1, 0.15) is 10.4 Å². The van der Waals surface area contributed by atoms with Crippen molar-refractivity contribution < 1.29 is 19.1 Å². The summed E-state index contributed by atoms with van der Waals surface area (Å²) in [5.74, 6) is -1.67. The van der Waals surface area contributed by atoms with Gasteiger partial charge in [0.25, 0.3) is 0 Å². The fraction of sp³-hybridized carbons (Fsp3) is 0. The smallest absolute Gasteiger partial charge is 0.211 e. The molecule has 0 aliphatic carbocycles. The number of aldehydes is 1. The number of nitrogens with one attached hydrogen (secondary N) is 1. The van der Waals surface area contributed by atoms with Crippen LogP contribution in [-0.4, -0.2) is 17.8 Å². The Labute approximate surface area is 73.0 Å². The second-order valence-electron chi connectivity index (χ2n) is 2.28. The number of phenolic OH excluding ortho intramolecular Hbond substituents is 1. The van der Waals surface area contributed by atoms with Gasteiger partial charge >= 0.3 is 0 Å². The summed E-state index contributed by atoms with van der Waals surface area (Å²) in [4.78, 5) is 20.3. The number of carbonyl (C=O) groups is 2. The third-order valence-corrected chi connectivity index (χ3v) is 1.45. The quantitative estimate of drug-likeness (QED) is 0.540. The molecule has 1 amide bonds. The summed E-state index contributed by atoms with van der Waals surface area (Å²) in [6.07, 6.45) is 0.648. The molecule has 5 heteroatoms. The third kappa shape index (κ3) is 1.81. The Morgan fingerprint density at radius 2 is 2.08 bits per heavy atom. The number of anilines is 1. The van der Waals surface area contributed by atoms with E-state index in [0.29, 0.717) is 12.7 Å². The average Bonchev–Trinajstić information content (AvgIpc) is 2.11. The van der Waals surface area contributed by atoms with E-state index in [9.17, 15) is 14.0 Å². The van der Waals surface area contributed by atoms with Crippen LogP contribution in [0.5, 0.6) is 5.75 Å². The topological polar surface area (TPSA) is 66.4 Å². The molecule has 0 aliphatic rings. The van der Waals surface area contributed by atoms with Gasteiger partial charge in [-0.3, -0.25) is 9.59 Å². The average molecular weight is 183 g/mol. The van der Waals surface area contributed by atoms with Gasteiger partial charge < -0.3 is 10.4 Å².